The number of ether oxygens (including phenoxy) is 2. The fraction of sp³-hybridized carbons (Fsp3) is 0.577. The number of carbonyl (C=O) groups excluding carboxylic acids is 2. The van der Waals surface area contributed by atoms with Gasteiger partial charge in [-0.2, -0.15) is 0 Å². The zero-order chi connectivity index (χ0) is 23.7. The molecule has 0 unspecified atom stereocenters. The van der Waals surface area contributed by atoms with Gasteiger partial charge in [-0.15, -0.1) is 11.3 Å². The summed E-state index contributed by atoms with van der Waals surface area (Å²) in [4.78, 5) is 30.0. The highest BCUT2D eigenvalue weighted by atomic mass is 32.1. The quantitative estimate of drug-likeness (QED) is 0.496. The highest BCUT2D eigenvalue weighted by Crippen LogP contribution is 2.60. The SMILES string of the molecule is COc1ccc(OC)c(-c2csc(NC(=O)CCCNC(=O)C34CC5CC(CC(C5)C3)C4)n2)c1. The Morgan fingerprint density at radius 3 is 2.44 bits per heavy atom. The smallest absolute Gasteiger partial charge is 0.226 e. The largest absolute Gasteiger partial charge is 0.497 e. The van der Waals surface area contributed by atoms with E-state index >= 15 is 0 Å². The van der Waals surface area contributed by atoms with Crippen molar-refractivity contribution in [2.45, 2.75) is 51.4 Å². The number of benzene rings is 1. The molecule has 0 spiro atoms. The number of methoxy groups -OCH3 is 2. The van der Waals surface area contributed by atoms with E-state index in [1.54, 1.807) is 14.2 Å². The van der Waals surface area contributed by atoms with Crippen molar-refractivity contribution in [3.63, 3.8) is 0 Å². The molecule has 1 aromatic heterocycles. The van der Waals surface area contributed by atoms with Crippen LogP contribution >= 0.6 is 11.3 Å². The van der Waals surface area contributed by atoms with Crippen molar-refractivity contribution in [1.29, 1.82) is 0 Å². The van der Waals surface area contributed by atoms with E-state index in [9.17, 15) is 9.59 Å². The van der Waals surface area contributed by atoms with Crippen LogP contribution in [0.25, 0.3) is 11.3 Å². The Morgan fingerprint density at radius 2 is 1.79 bits per heavy atom. The molecule has 1 heterocycles. The van der Waals surface area contributed by atoms with E-state index in [-0.39, 0.29) is 17.2 Å². The highest BCUT2D eigenvalue weighted by molar-refractivity contribution is 7.14. The van der Waals surface area contributed by atoms with Crippen LogP contribution in [0.4, 0.5) is 5.13 Å². The molecule has 0 saturated heterocycles. The predicted octanol–water partition coefficient (Wildman–Crippen LogP) is 4.88. The molecule has 4 aliphatic rings. The second-order valence-corrected chi connectivity index (χ2v) is 11.1. The molecule has 34 heavy (non-hydrogen) atoms. The van der Waals surface area contributed by atoms with E-state index in [0.717, 1.165) is 48.3 Å². The molecule has 4 bridgehead atoms. The van der Waals surface area contributed by atoms with E-state index < -0.39 is 0 Å². The van der Waals surface area contributed by atoms with Crippen molar-refractivity contribution < 1.29 is 19.1 Å². The van der Waals surface area contributed by atoms with Crippen molar-refractivity contribution in [3.8, 4) is 22.8 Å². The predicted molar refractivity (Wildman–Crippen MR) is 132 cm³/mol. The van der Waals surface area contributed by atoms with E-state index in [0.29, 0.717) is 36.0 Å². The molecule has 4 aliphatic carbocycles. The summed E-state index contributed by atoms with van der Waals surface area (Å²) >= 11 is 1.37. The van der Waals surface area contributed by atoms with Gasteiger partial charge < -0.3 is 20.1 Å². The number of anilines is 1. The Bertz CT molecular complexity index is 1030. The average molecular weight is 484 g/mol. The standard InChI is InChI=1S/C26H33N3O4S/c1-32-19-5-6-22(33-2)20(11-19)21-15-34-25(28-21)29-23(30)4-3-7-27-24(31)26-12-16-8-17(13-26)10-18(9-16)14-26/h5-6,11,15-18H,3-4,7-10,12-14H2,1-2H3,(H,27,31)(H,28,29,30). The van der Waals surface area contributed by atoms with Gasteiger partial charge in [0.25, 0.3) is 0 Å². The van der Waals surface area contributed by atoms with Crippen LogP contribution in [0.1, 0.15) is 51.4 Å². The van der Waals surface area contributed by atoms with Gasteiger partial charge in [-0.1, -0.05) is 0 Å². The lowest BCUT2D eigenvalue weighted by Gasteiger charge is -2.55. The van der Waals surface area contributed by atoms with Crippen molar-refractivity contribution in [2.75, 3.05) is 26.1 Å². The van der Waals surface area contributed by atoms with Gasteiger partial charge in [0.05, 0.1) is 19.9 Å². The Balaban J connectivity index is 1.10. The van der Waals surface area contributed by atoms with Gasteiger partial charge >= 0.3 is 0 Å². The van der Waals surface area contributed by atoms with E-state index in [1.807, 2.05) is 23.6 Å². The first-order chi connectivity index (χ1) is 16.5. The van der Waals surface area contributed by atoms with Crippen LogP contribution in [0.2, 0.25) is 0 Å². The molecular weight excluding hydrogens is 450 g/mol. The minimum atomic E-state index is -0.129. The third-order valence-corrected chi connectivity index (χ3v) is 8.58. The molecule has 1 aromatic carbocycles. The number of aromatic nitrogens is 1. The normalized spacial score (nSPS) is 26.8. The third kappa shape index (κ3) is 4.65. The van der Waals surface area contributed by atoms with E-state index in [1.165, 1.54) is 30.6 Å². The number of hydrogen-bond acceptors (Lipinski definition) is 6. The van der Waals surface area contributed by atoms with Gasteiger partial charge in [0.15, 0.2) is 5.13 Å². The van der Waals surface area contributed by atoms with Gasteiger partial charge in [0, 0.05) is 29.3 Å². The molecular formula is C26H33N3O4S. The van der Waals surface area contributed by atoms with Crippen LogP contribution in [-0.4, -0.2) is 37.6 Å². The maximum atomic E-state index is 13.0. The molecule has 2 amide bonds. The Morgan fingerprint density at radius 1 is 1.09 bits per heavy atom. The third-order valence-electron chi connectivity index (χ3n) is 7.82. The summed E-state index contributed by atoms with van der Waals surface area (Å²) in [7, 11) is 3.23. The average Bonchev–Trinajstić information content (AvgIpc) is 3.28. The summed E-state index contributed by atoms with van der Waals surface area (Å²) in [6, 6.07) is 5.54. The maximum Gasteiger partial charge on any atom is 0.226 e. The first-order valence-corrected chi connectivity index (χ1v) is 13.1. The van der Waals surface area contributed by atoms with Crippen molar-refractivity contribution >= 4 is 28.3 Å². The zero-order valence-corrected chi connectivity index (χ0v) is 20.7. The summed E-state index contributed by atoms with van der Waals surface area (Å²) < 4.78 is 10.7. The first kappa shape index (κ1) is 23.1. The van der Waals surface area contributed by atoms with Crippen LogP contribution in [-0.2, 0) is 9.59 Å². The summed E-state index contributed by atoms with van der Waals surface area (Å²) in [5, 5.41) is 8.46. The molecule has 8 heteroatoms. The Hall–Kier alpha value is -2.61. The molecule has 0 aliphatic heterocycles. The number of nitrogens with zero attached hydrogens (tertiary/aromatic N) is 1. The topological polar surface area (TPSA) is 89.5 Å². The van der Waals surface area contributed by atoms with Gasteiger partial charge in [0.2, 0.25) is 11.8 Å². The van der Waals surface area contributed by atoms with Gasteiger partial charge in [-0.05, 0) is 80.9 Å². The van der Waals surface area contributed by atoms with Crippen LogP contribution in [0.5, 0.6) is 11.5 Å². The minimum Gasteiger partial charge on any atom is -0.497 e. The second kappa shape index (κ2) is 9.56. The summed E-state index contributed by atoms with van der Waals surface area (Å²) in [6.45, 7) is 0.540. The molecule has 6 rings (SSSR count). The monoisotopic (exact) mass is 483 g/mol. The van der Waals surface area contributed by atoms with Crippen LogP contribution < -0.4 is 20.1 Å². The molecule has 2 aromatic rings. The highest BCUT2D eigenvalue weighted by Gasteiger charge is 2.54. The minimum absolute atomic E-state index is 0.0949. The number of hydrogen-bond donors (Lipinski definition) is 2. The second-order valence-electron chi connectivity index (χ2n) is 10.2. The molecule has 0 atom stereocenters. The Kier molecular flexibility index (Phi) is 6.51. The van der Waals surface area contributed by atoms with Crippen LogP contribution in [0.15, 0.2) is 23.6 Å². The maximum absolute atomic E-state index is 13.0. The molecule has 182 valence electrons. The van der Waals surface area contributed by atoms with Crippen molar-refractivity contribution in [1.82, 2.24) is 10.3 Å². The Labute approximate surface area is 204 Å². The van der Waals surface area contributed by atoms with Gasteiger partial charge in [0.1, 0.15) is 11.5 Å². The molecule has 0 radical (unpaired) electrons. The number of nitrogens with one attached hydrogen (secondary N) is 2. The first-order valence-electron chi connectivity index (χ1n) is 12.2. The number of carbonyl (C=O) groups is 2. The van der Waals surface area contributed by atoms with Crippen molar-refractivity contribution in [2.24, 2.45) is 23.2 Å². The number of rotatable bonds is 9. The summed E-state index contributed by atoms with van der Waals surface area (Å²) in [5.74, 6) is 3.80. The van der Waals surface area contributed by atoms with Crippen LogP contribution in [0, 0.1) is 23.2 Å². The molecule has 2 N–H and O–H groups in total. The van der Waals surface area contributed by atoms with Crippen molar-refractivity contribution in [3.05, 3.63) is 23.6 Å². The molecule has 4 fully saturated rings. The van der Waals surface area contributed by atoms with E-state index in [4.69, 9.17) is 9.47 Å². The fourth-order valence-electron chi connectivity index (χ4n) is 6.68. The van der Waals surface area contributed by atoms with E-state index in [2.05, 4.69) is 15.6 Å². The molecule has 4 saturated carbocycles. The lowest BCUT2D eigenvalue weighted by Crippen LogP contribution is -2.53. The van der Waals surface area contributed by atoms with Gasteiger partial charge in [-0.25, -0.2) is 4.98 Å². The van der Waals surface area contributed by atoms with Gasteiger partial charge in [-0.3, -0.25) is 9.59 Å². The lowest BCUT2D eigenvalue weighted by molar-refractivity contribution is -0.146. The fourth-order valence-corrected chi connectivity index (χ4v) is 7.40. The number of amides is 2. The molecule has 7 nitrogen and oxygen atoms in total. The summed E-state index contributed by atoms with van der Waals surface area (Å²) in [6.07, 6.45) is 8.15. The summed E-state index contributed by atoms with van der Waals surface area (Å²) in [5.41, 5.74) is 1.40. The zero-order valence-electron chi connectivity index (χ0n) is 19.9. The van der Waals surface area contributed by atoms with Crippen LogP contribution in [0.3, 0.4) is 0 Å². The lowest BCUT2D eigenvalue weighted by atomic mass is 9.49. The number of thiazole rings is 1.